The van der Waals surface area contributed by atoms with E-state index in [2.05, 4.69) is 36.3 Å². The summed E-state index contributed by atoms with van der Waals surface area (Å²) < 4.78 is 5.92. The number of hydrogen-bond donors (Lipinski definition) is 1. The number of benzene rings is 1. The summed E-state index contributed by atoms with van der Waals surface area (Å²) in [6.07, 6.45) is 1.12. The fraction of sp³-hybridized carbons (Fsp3) is 0.500. The minimum absolute atomic E-state index is 0.462. The van der Waals surface area contributed by atoms with Crippen molar-refractivity contribution in [2.45, 2.75) is 26.2 Å². The molecule has 3 nitrogen and oxygen atoms in total. The lowest BCUT2D eigenvalue weighted by Gasteiger charge is -2.26. The fourth-order valence-corrected chi connectivity index (χ4v) is 2.59. The van der Waals surface area contributed by atoms with Gasteiger partial charge in [0.2, 0.25) is 0 Å². The predicted molar refractivity (Wildman–Crippen MR) is 68.1 cm³/mol. The highest BCUT2D eigenvalue weighted by atomic mass is 16.3. The number of oxazole rings is 1. The van der Waals surface area contributed by atoms with Gasteiger partial charge in [0, 0.05) is 5.92 Å². The number of nitrogens with zero attached hydrogens (tertiary/aromatic N) is 1. The van der Waals surface area contributed by atoms with Gasteiger partial charge in [0.05, 0.1) is 0 Å². The van der Waals surface area contributed by atoms with E-state index in [0.29, 0.717) is 11.8 Å². The van der Waals surface area contributed by atoms with Crippen molar-refractivity contribution in [2.24, 2.45) is 5.92 Å². The van der Waals surface area contributed by atoms with E-state index >= 15 is 0 Å². The maximum atomic E-state index is 5.92. The van der Waals surface area contributed by atoms with Gasteiger partial charge in [-0.05, 0) is 50.0 Å². The number of piperidine rings is 1. The molecule has 2 unspecified atom stereocenters. The molecule has 0 spiro atoms. The van der Waals surface area contributed by atoms with Gasteiger partial charge in [-0.1, -0.05) is 13.0 Å². The number of hydrogen-bond acceptors (Lipinski definition) is 3. The van der Waals surface area contributed by atoms with Crippen LogP contribution in [0.5, 0.6) is 0 Å². The first-order valence-electron chi connectivity index (χ1n) is 6.32. The van der Waals surface area contributed by atoms with Crippen LogP contribution in [-0.2, 0) is 0 Å². The van der Waals surface area contributed by atoms with Crippen LogP contribution in [0.25, 0.3) is 11.1 Å². The van der Waals surface area contributed by atoms with Crippen molar-refractivity contribution in [3.63, 3.8) is 0 Å². The lowest BCUT2D eigenvalue weighted by atomic mass is 9.88. The molecule has 0 amide bonds. The van der Waals surface area contributed by atoms with E-state index in [0.717, 1.165) is 36.5 Å². The Kier molecular flexibility index (Phi) is 2.63. The van der Waals surface area contributed by atoms with E-state index in [9.17, 15) is 0 Å². The zero-order valence-electron chi connectivity index (χ0n) is 10.4. The third-order valence-corrected chi connectivity index (χ3v) is 3.66. The van der Waals surface area contributed by atoms with Gasteiger partial charge in [0.25, 0.3) is 0 Å². The van der Waals surface area contributed by atoms with Crippen molar-refractivity contribution < 1.29 is 4.42 Å². The van der Waals surface area contributed by atoms with Crippen LogP contribution in [-0.4, -0.2) is 18.1 Å². The molecule has 17 heavy (non-hydrogen) atoms. The standard InChI is InChI=1S/C14H18N2O/c1-9-3-4-12-13(7-9)17-14(16-12)11-5-6-15-8-10(11)2/h3-4,7,10-11,15H,5-6,8H2,1-2H3. The van der Waals surface area contributed by atoms with Crippen LogP contribution in [0, 0.1) is 12.8 Å². The Hall–Kier alpha value is -1.35. The highest BCUT2D eigenvalue weighted by molar-refractivity contribution is 5.73. The molecule has 1 saturated heterocycles. The quantitative estimate of drug-likeness (QED) is 0.818. The van der Waals surface area contributed by atoms with Gasteiger partial charge < -0.3 is 9.73 Å². The van der Waals surface area contributed by atoms with Crippen molar-refractivity contribution in [3.05, 3.63) is 29.7 Å². The Morgan fingerprint density at radius 2 is 2.29 bits per heavy atom. The first-order valence-corrected chi connectivity index (χ1v) is 6.32. The van der Waals surface area contributed by atoms with Crippen LogP contribution in [0.4, 0.5) is 0 Å². The van der Waals surface area contributed by atoms with Gasteiger partial charge in [-0.3, -0.25) is 0 Å². The normalized spacial score (nSPS) is 25.3. The van der Waals surface area contributed by atoms with Crippen LogP contribution in [0.15, 0.2) is 22.6 Å². The molecular weight excluding hydrogens is 212 g/mol. The Bertz CT molecular complexity index is 532. The maximum Gasteiger partial charge on any atom is 0.198 e. The largest absolute Gasteiger partial charge is 0.440 e. The van der Waals surface area contributed by atoms with E-state index in [4.69, 9.17) is 4.42 Å². The van der Waals surface area contributed by atoms with Crippen molar-refractivity contribution in [1.82, 2.24) is 10.3 Å². The van der Waals surface area contributed by atoms with E-state index in [1.54, 1.807) is 0 Å². The number of aryl methyl sites for hydroxylation is 1. The first kappa shape index (κ1) is 10.8. The van der Waals surface area contributed by atoms with Crippen LogP contribution in [0.2, 0.25) is 0 Å². The van der Waals surface area contributed by atoms with Crippen molar-refractivity contribution in [3.8, 4) is 0 Å². The third kappa shape index (κ3) is 1.95. The van der Waals surface area contributed by atoms with Crippen molar-refractivity contribution in [1.29, 1.82) is 0 Å². The Balaban J connectivity index is 1.99. The third-order valence-electron chi connectivity index (χ3n) is 3.66. The minimum Gasteiger partial charge on any atom is -0.440 e. The van der Waals surface area contributed by atoms with Crippen LogP contribution >= 0.6 is 0 Å². The molecule has 3 heteroatoms. The van der Waals surface area contributed by atoms with Crippen LogP contribution < -0.4 is 5.32 Å². The molecule has 2 aromatic rings. The highest BCUT2D eigenvalue weighted by Crippen LogP contribution is 2.31. The van der Waals surface area contributed by atoms with Crippen LogP contribution in [0.1, 0.15) is 30.7 Å². The summed E-state index contributed by atoms with van der Waals surface area (Å²) in [7, 11) is 0. The Morgan fingerprint density at radius 3 is 3.12 bits per heavy atom. The lowest BCUT2D eigenvalue weighted by molar-refractivity contribution is 0.303. The van der Waals surface area contributed by atoms with Gasteiger partial charge in [0.1, 0.15) is 5.52 Å². The molecule has 2 heterocycles. The monoisotopic (exact) mass is 230 g/mol. The molecule has 0 bridgehead atoms. The lowest BCUT2D eigenvalue weighted by Crippen LogP contribution is -2.33. The van der Waals surface area contributed by atoms with E-state index in [1.807, 2.05) is 6.07 Å². The second kappa shape index (κ2) is 4.15. The summed E-state index contributed by atoms with van der Waals surface area (Å²) in [6.45, 7) is 6.46. The topological polar surface area (TPSA) is 38.1 Å². The molecule has 90 valence electrons. The molecule has 0 aliphatic carbocycles. The first-order chi connectivity index (χ1) is 8.24. The average Bonchev–Trinajstić information content (AvgIpc) is 2.72. The molecule has 1 aromatic heterocycles. The van der Waals surface area contributed by atoms with Gasteiger partial charge >= 0.3 is 0 Å². The molecule has 0 radical (unpaired) electrons. The second-order valence-corrected chi connectivity index (χ2v) is 5.10. The SMILES string of the molecule is Cc1ccc2nc(C3CCNCC3C)oc2c1. The summed E-state index contributed by atoms with van der Waals surface area (Å²) in [5.74, 6) is 1.97. The summed E-state index contributed by atoms with van der Waals surface area (Å²) in [5, 5.41) is 3.41. The van der Waals surface area contributed by atoms with Crippen molar-refractivity contribution >= 4 is 11.1 Å². The highest BCUT2D eigenvalue weighted by Gasteiger charge is 2.26. The second-order valence-electron chi connectivity index (χ2n) is 5.10. The predicted octanol–water partition coefficient (Wildman–Crippen LogP) is 2.85. The van der Waals surface area contributed by atoms with Crippen molar-refractivity contribution in [2.75, 3.05) is 13.1 Å². The molecule has 1 fully saturated rings. The summed E-state index contributed by atoms with van der Waals surface area (Å²) in [5.41, 5.74) is 3.13. The summed E-state index contributed by atoms with van der Waals surface area (Å²) >= 11 is 0. The molecule has 0 saturated carbocycles. The molecule has 1 aliphatic heterocycles. The molecular formula is C14H18N2O. The molecule has 1 aromatic carbocycles. The average molecular weight is 230 g/mol. The van der Waals surface area contributed by atoms with E-state index in [-0.39, 0.29) is 0 Å². The van der Waals surface area contributed by atoms with Gasteiger partial charge in [0.15, 0.2) is 11.5 Å². The van der Waals surface area contributed by atoms with Gasteiger partial charge in [-0.15, -0.1) is 0 Å². The minimum atomic E-state index is 0.462. The Labute approximate surface area is 101 Å². The molecule has 1 aliphatic rings. The zero-order chi connectivity index (χ0) is 11.8. The Morgan fingerprint density at radius 1 is 1.41 bits per heavy atom. The van der Waals surface area contributed by atoms with Gasteiger partial charge in [-0.25, -0.2) is 4.98 Å². The van der Waals surface area contributed by atoms with E-state index < -0.39 is 0 Å². The number of aromatic nitrogens is 1. The van der Waals surface area contributed by atoms with E-state index in [1.165, 1.54) is 5.56 Å². The fourth-order valence-electron chi connectivity index (χ4n) is 2.59. The maximum absolute atomic E-state index is 5.92. The number of rotatable bonds is 1. The molecule has 2 atom stereocenters. The van der Waals surface area contributed by atoms with Gasteiger partial charge in [-0.2, -0.15) is 0 Å². The summed E-state index contributed by atoms with van der Waals surface area (Å²) in [6, 6.07) is 6.20. The smallest absolute Gasteiger partial charge is 0.198 e. The number of fused-ring (bicyclic) bond motifs is 1. The zero-order valence-corrected chi connectivity index (χ0v) is 10.4. The summed E-state index contributed by atoms with van der Waals surface area (Å²) in [4.78, 5) is 4.63. The van der Waals surface area contributed by atoms with Crippen LogP contribution in [0.3, 0.4) is 0 Å². The molecule has 1 N–H and O–H groups in total. The number of nitrogens with one attached hydrogen (secondary N) is 1. The molecule has 3 rings (SSSR count).